The van der Waals surface area contributed by atoms with Crippen LogP contribution in [0.5, 0.6) is 0 Å². The lowest BCUT2D eigenvalue weighted by molar-refractivity contribution is 0.741. The first-order chi connectivity index (χ1) is 11.1. The Kier molecular flexibility index (Phi) is 2.98. The fourth-order valence-corrected chi connectivity index (χ4v) is 2.96. The second-order valence-corrected chi connectivity index (χ2v) is 6.30. The van der Waals surface area contributed by atoms with Crippen molar-refractivity contribution >= 4 is 16.6 Å². The summed E-state index contributed by atoms with van der Waals surface area (Å²) in [7, 11) is 0. The number of hydrogen-bond donors (Lipinski definition) is 0. The van der Waals surface area contributed by atoms with E-state index in [0.717, 1.165) is 33.8 Å². The molecule has 0 bridgehead atoms. The van der Waals surface area contributed by atoms with E-state index in [-0.39, 0.29) is 0 Å². The van der Waals surface area contributed by atoms with Gasteiger partial charge in [-0.25, -0.2) is 9.67 Å². The predicted octanol–water partition coefficient (Wildman–Crippen LogP) is 3.81. The highest BCUT2D eigenvalue weighted by Crippen LogP contribution is 2.24. The molecular formula is C18H19N5. The van der Waals surface area contributed by atoms with Gasteiger partial charge in [-0.15, -0.1) is 5.10 Å². The van der Waals surface area contributed by atoms with Gasteiger partial charge < -0.3 is 0 Å². The van der Waals surface area contributed by atoms with E-state index < -0.39 is 0 Å². The Hall–Kier alpha value is -2.69. The average Bonchev–Trinajstić information content (AvgIpc) is 3.12. The minimum Gasteiger partial charge on any atom is -0.214 e. The molecule has 0 saturated heterocycles. The molecule has 0 atom stereocenters. The maximum Gasteiger partial charge on any atom is 0.160 e. The zero-order valence-corrected chi connectivity index (χ0v) is 13.8. The first-order valence-electron chi connectivity index (χ1n) is 7.86. The zero-order valence-electron chi connectivity index (χ0n) is 13.8. The monoisotopic (exact) mass is 305 g/mol. The zero-order chi connectivity index (χ0) is 16.1. The average molecular weight is 305 g/mol. The highest BCUT2D eigenvalue weighted by Gasteiger charge is 2.16. The Morgan fingerprint density at radius 2 is 1.83 bits per heavy atom. The van der Waals surface area contributed by atoms with Crippen molar-refractivity contribution in [1.82, 2.24) is 24.4 Å². The highest BCUT2D eigenvalue weighted by atomic mass is 15.4. The summed E-state index contributed by atoms with van der Waals surface area (Å²) in [6.45, 7) is 8.40. The molecule has 5 heteroatoms. The molecule has 3 aromatic heterocycles. The number of benzene rings is 1. The van der Waals surface area contributed by atoms with Crippen LogP contribution in [0.3, 0.4) is 0 Å². The summed E-state index contributed by atoms with van der Waals surface area (Å²) in [6, 6.07) is 10.3. The van der Waals surface area contributed by atoms with Crippen molar-refractivity contribution in [1.29, 1.82) is 0 Å². The van der Waals surface area contributed by atoms with Crippen molar-refractivity contribution in [2.75, 3.05) is 0 Å². The van der Waals surface area contributed by atoms with Gasteiger partial charge in [0.2, 0.25) is 0 Å². The SMILES string of the molecule is Cc1ccc2nc(C(C)C)nn2c1-n1ncc2cccc(C)c21. The number of aryl methyl sites for hydroxylation is 2. The Balaban J connectivity index is 2.09. The molecule has 4 rings (SSSR count). The van der Waals surface area contributed by atoms with Crippen LogP contribution in [0, 0.1) is 13.8 Å². The van der Waals surface area contributed by atoms with Crippen molar-refractivity contribution in [3.05, 3.63) is 53.5 Å². The van der Waals surface area contributed by atoms with Crippen LogP contribution in [0.15, 0.2) is 36.5 Å². The Bertz CT molecular complexity index is 1020. The van der Waals surface area contributed by atoms with Crippen LogP contribution in [-0.4, -0.2) is 24.4 Å². The van der Waals surface area contributed by atoms with Crippen molar-refractivity contribution in [3.8, 4) is 5.82 Å². The molecule has 23 heavy (non-hydrogen) atoms. The third-order valence-electron chi connectivity index (χ3n) is 4.19. The van der Waals surface area contributed by atoms with E-state index in [1.807, 2.05) is 21.5 Å². The normalized spacial score (nSPS) is 11.9. The second-order valence-electron chi connectivity index (χ2n) is 6.30. The van der Waals surface area contributed by atoms with E-state index in [4.69, 9.17) is 5.10 Å². The summed E-state index contributed by atoms with van der Waals surface area (Å²) in [5, 5.41) is 10.5. The van der Waals surface area contributed by atoms with Crippen LogP contribution < -0.4 is 0 Å². The van der Waals surface area contributed by atoms with Gasteiger partial charge in [-0.1, -0.05) is 38.1 Å². The van der Waals surface area contributed by atoms with E-state index >= 15 is 0 Å². The molecule has 1 aromatic carbocycles. The van der Waals surface area contributed by atoms with E-state index in [0.29, 0.717) is 5.92 Å². The van der Waals surface area contributed by atoms with Gasteiger partial charge >= 0.3 is 0 Å². The van der Waals surface area contributed by atoms with Crippen LogP contribution in [0.4, 0.5) is 0 Å². The van der Waals surface area contributed by atoms with Gasteiger partial charge in [0.1, 0.15) is 0 Å². The standard InChI is InChI=1S/C18H19N5/c1-11(2)17-20-15-9-8-13(4)18(22(15)21-17)23-16-12(3)6-5-7-14(16)10-19-23/h5-11H,1-4H3. The van der Waals surface area contributed by atoms with E-state index in [9.17, 15) is 0 Å². The first kappa shape index (κ1) is 13.9. The highest BCUT2D eigenvalue weighted by molar-refractivity contribution is 5.83. The third-order valence-corrected chi connectivity index (χ3v) is 4.19. The lowest BCUT2D eigenvalue weighted by Crippen LogP contribution is -2.08. The minimum atomic E-state index is 0.291. The molecule has 0 radical (unpaired) electrons. The largest absolute Gasteiger partial charge is 0.214 e. The Morgan fingerprint density at radius 1 is 1.00 bits per heavy atom. The molecule has 3 heterocycles. The van der Waals surface area contributed by atoms with Crippen molar-refractivity contribution in [2.24, 2.45) is 0 Å². The third kappa shape index (κ3) is 2.04. The molecule has 0 aliphatic heterocycles. The number of fused-ring (bicyclic) bond motifs is 2. The second kappa shape index (κ2) is 4.91. The molecule has 116 valence electrons. The lowest BCUT2D eigenvalue weighted by atomic mass is 10.1. The van der Waals surface area contributed by atoms with Gasteiger partial charge in [0, 0.05) is 11.3 Å². The number of rotatable bonds is 2. The van der Waals surface area contributed by atoms with Gasteiger partial charge in [0.05, 0.1) is 11.7 Å². The van der Waals surface area contributed by atoms with Crippen LogP contribution in [-0.2, 0) is 0 Å². The van der Waals surface area contributed by atoms with E-state index in [1.54, 1.807) is 0 Å². The molecule has 0 aliphatic rings. The maximum atomic E-state index is 4.71. The first-order valence-corrected chi connectivity index (χ1v) is 7.86. The fourth-order valence-electron chi connectivity index (χ4n) is 2.96. The summed E-state index contributed by atoms with van der Waals surface area (Å²) in [5.74, 6) is 2.09. The molecule has 5 nitrogen and oxygen atoms in total. The van der Waals surface area contributed by atoms with Crippen LogP contribution >= 0.6 is 0 Å². The summed E-state index contributed by atoms with van der Waals surface area (Å²) in [5.41, 5.74) is 4.28. The summed E-state index contributed by atoms with van der Waals surface area (Å²) < 4.78 is 3.88. The van der Waals surface area contributed by atoms with Gasteiger partial charge in [-0.2, -0.15) is 9.61 Å². The molecular weight excluding hydrogens is 286 g/mol. The molecule has 0 fully saturated rings. The van der Waals surface area contributed by atoms with E-state index in [2.05, 4.69) is 62.0 Å². The number of aromatic nitrogens is 5. The van der Waals surface area contributed by atoms with Crippen molar-refractivity contribution in [2.45, 2.75) is 33.6 Å². The summed E-state index contributed by atoms with van der Waals surface area (Å²) in [6.07, 6.45) is 1.90. The summed E-state index contributed by atoms with van der Waals surface area (Å²) >= 11 is 0. The minimum absolute atomic E-state index is 0.291. The summed E-state index contributed by atoms with van der Waals surface area (Å²) in [4.78, 5) is 4.64. The van der Waals surface area contributed by atoms with Gasteiger partial charge in [-0.3, -0.25) is 0 Å². The maximum absolute atomic E-state index is 4.71. The fraction of sp³-hybridized carbons (Fsp3) is 0.278. The topological polar surface area (TPSA) is 48.0 Å². The molecule has 0 aliphatic carbocycles. The molecule has 0 unspecified atom stereocenters. The number of pyridine rings is 1. The number of nitrogens with zero attached hydrogens (tertiary/aromatic N) is 5. The number of para-hydroxylation sites is 1. The van der Waals surface area contributed by atoms with Crippen LogP contribution in [0.25, 0.3) is 22.4 Å². The molecule has 0 spiro atoms. The lowest BCUT2D eigenvalue weighted by Gasteiger charge is -2.10. The van der Waals surface area contributed by atoms with Gasteiger partial charge in [0.25, 0.3) is 0 Å². The quantitative estimate of drug-likeness (QED) is 0.566. The Morgan fingerprint density at radius 3 is 2.61 bits per heavy atom. The van der Waals surface area contributed by atoms with Crippen molar-refractivity contribution in [3.63, 3.8) is 0 Å². The molecule has 0 amide bonds. The van der Waals surface area contributed by atoms with Gasteiger partial charge in [0.15, 0.2) is 17.3 Å². The molecule has 4 aromatic rings. The molecule has 0 N–H and O–H groups in total. The van der Waals surface area contributed by atoms with Gasteiger partial charge in [-0.05, 0) is 31.0 Å². The smallest absolute Gasteiger partial charge is 0.160 e. The molecule has 0 saturated carbocycles. The predicted molar refractivity (Wildman–Crippen MR) is 91.2 cm³/mol. The number of hydrogen-bond acceptors (Lipinski definition) is 3. The van der Waals surface area contributed by atoms with E-state index in [1.165, 1.54) is 5.56 Å². The van der Waals surface area contributed by atoms with Crippen LogP contribution in [0.1, 0.15) is 36.7 Å². The Labute approximate surface area is 134 Å². The van der Waals surface area contributed by atoms with Crippen molar-refractivity contribution < 1.29 is 0 Å². The van der Waals surface area contributed by atoms with Crippen LogP contribution in [0.2, 0.25) is 0 Å².